The van der Waals surface area contributed by atoms with Crippen molar-refractivity contribution in [1.82, 2.24) is 0 Å². The molecule has 33 heavy (non-hydrogen) atoms. The van der Waals surface area contributed by atoms with E-state index in [1.54, 1.807) is 24.3 Å². The molecule has 1 aliphatic carbocycles. The van der Waals surface area contributed by atoms with Gasteiger partial charge in [-0.2, -0.15) is 0 Å². The zero-order valence-corrected chi connectivity index (χ0v) is 20.2. The molecular formula is C24H22BrClN2O5. The highest BCUT2D eigenvalue weighted by Crippen LogP contribution is 2.40. The van der Waals surface area contributed by atoms with Crippen molar-refractivity contribution >= 4 is 62.6 Å². The number of benzene rings is 2. The standard InChI is InChI=1S/C24H22BrClN2O5/c1-13-9-18(25)19(26)11-20(13)27-21(29)12-33-24(32)14-5-4-6-15(10-14)28-22(30)16-7-2-3-8-17(16)23(28)31/h4-6,9-11,16-17H,2-3,7-8,12H2,1H3,(H,27,29)/t16-,17-/m0/s1. The van der Waals surface area contributed by atoms with Gasteiger partial charge in [0.1, 0.15) is 0 Å². The van der Waals surface area contributed by atoms with Crippen LogP contribution in [0.5, 0.6) is 0 Å². The lowest BCUT2D eigenvalue weighted by Crippen LogP contribution is -2.31. The summed E-state index contributed by atoms with van der Waals surface area (Å²) >= 11 is 9.39. The SMILES string of the molecule is Cc1cc(Br)c(Cl)cc1NC(=O)COC(=O)c1cccc(N2C(=O)[C@H]3CCCC[C@@H]3C2=O)c1. The summed E-state index contributed by atoms with van der Waals surface area (Å²) in [6.07, 6.45) is 3.31. The van der Waals surface area contributed by atoms with Crippen molar-refractivity contribution in [2.75, 3.05) is 16.8 Å². The second-order valence-electron chi connectivity index (χ2n) is 8.27. The molecule has 172 valence electrons. The summed E-state index contributed by atoms with van der Waals surface area (Å²) < 4.78 is 5.85. The summed E-state index contributed by atoms with van der Waals surface area (Å²) in [5, 5.41) is 3.10. The Balaban J connectivity index is 1.41. The molecule has 7 nitrogen and oxygen atoms in total. The molecule has 1 saturated carbocycles. The smallest absolute Gasteiger partial charge is 0.338 e. The number of nitrogens with one attached hydrogen (secondary N) is 1. The number of carbonyl (C=O) groups is 4. The van der Waals surface area contributed by atoms with E-state index in [0.717, 1.165) is 18.4 Å². The Morgan fingerprint density at radius 2 is 1.79 bits per heavy atom. The molecule has 1 heterocycles. The van der Waals surface area contributed by atoms with Gasteiger partial charge in [0.2, 0.25) is 11.8 Å². The molecule has 2 atom stereocenters. The minimum atomic E-state index is -0.728. The molecule has 3 amide bonds. The predicted molar refractivity (Wildman–Crippen MR) is 127 cm³/mol. The molecule has 0 radical (unpaired) electrons. The van der Waals surface area contributed by atoms with Crippen molar-refractivity contribution < 1.29 is 23.9 Å². The highest BCUT2D eigenvalue weighted by atomic mass is 79.9. The van der Waals surface area contributed by atoms with Crippen LogP contribution in [0.4, 0.5) is 11.4 Å². The minimum Gasteiger partial charge on any atom is -0.452 e. The molecule has 0 unspecified atom stereocenters. The average Bonchev–Trinajstić information content (AvgIpc) is 3.06. The van der Waals surface area contributed by atoms with Gasteiger partial charge in [0.15, 0.2) is 6.61 Å². The zero-order valence-electron chi connectivity index (χ0n) is 17.9. The van der Waals surface area contributed by atoms with Crippen LogP contribution in [0.3, 0.4) is 0 Å². The summed E-state index contributed by atoms with van der Waals surface area (Å²) in [4.78, 5) is 51.6. The van der Waals surface area contributed by atoms with Crippen molar-refractivity contribution in [1.29, 1.82) is 0 Å². The third kappa shape index (κ3) is 4.82. The van der Waals surface area contributed by atoms with Crippen molar-refractivity contribution in [2.24, 2.45) is 11.8 Å². The third-order valence-electron chi connectivity index (χ3n) is 6.06. The second kappa shape index (κ2) is 9.65. The lowest BCUT2D eigenvalue weighted by Gasteiger charge is -2.19. The van der Waals surface area contributed by atoms with E-state index in [0.29, 0.717) is 33.7 Å². The lowest BCUT2D eigenvalue weighted by molar-refractivity contribution is -0.122. The van der Waals surface area contributed by atoms with E-state index in [1.807, 2.05) is 6.92 Å². The Hall–Kier alpha value is -2.71. The Morgan fingerprint density at radius 1 is 1.12 bits per heavy atom. The highest BCUT2D eigenvalue weighted by molar-refractivity contribution is 9.10. The summed E-state index contributed by atoms with van der Waals surface area (Å²) in [6.45, 7) is 1.31. The molecule has 9 heteroatoms. The van der Waals surface area contributed by atoms with Gasteiger partial charge in [-0.15, -0.1) is 0 Å². The summed E-state index contributed by atoms with van der Waals surface area (Å²) in [7, 11) is 0. The number of esters is 1. The van der Waals surface area contributed by atoms with Crippen molar-refractivity contribution in [3.63, 3.8) is 0 Å². The summed E-state index contributed by atoms with van der Waals surface area (Å²) in [5.74, 6) is -2.22. The van der Waals surface area contributed by atoms with Crippen LogP contribution in [0.25, 0.3) is 0 Å². The topological polar surface area (TPSA) is 92.8 Å². The van der Waals surface area contributed by atoms with Crippen LogP contribution in [-0.2, 0) is 19.1 Å². The molecule has 4 rings (SSSR count). The molecular weight excluding hydrogens is 512 g/mol. The van der Waals surface area contributed by atoms with E-state index in [-0.39, 0.29) is 29.2 Å². The molecule has 2 aromatic rings. The first-order valence-electron chi connectivity index (χ1n) is 10.7. The zero-order chi connectivity index (χ0) is 23.7. The number of rotatable bonds is 5. The number of ether oxygens (including phenoxy) is 1. The van der Waals surface area contributed by atoms with Crippen LogP contribution >= 0.6 is 27.5 Å². The Morgan fingerprint density at radius 3 is 2.45 bits per heavy atom. The van der Waals surface area contributed by atoms with Gasteiger partial charge < -0.3 is 10.1 Å². The van der Waals surface area contributed by atoms with E-state index in [2.05, 4.69) is 21.2 Å². The number of anilines is 2. The second-order valence-corrected chi connectivity index (χ2v) is 9.53. The summed E-state index contributed by atoms with van der Waals surface area (Å²) in [5.41, 5.74) is 1.80. The largest absolute Gasteiger partial charge is 0.452 e. The molecule has 1 aliphatic heterocycles. The van der Waals surface area contributed by atoms with E-state index >= 15 is 0 Å². The van der Waals surface area contributed by atoms with E-state index in [1.165, 1.54) is 17.0 Å². The van der Waals surface area contributed by atoms with Crippen LogP contribution in [0.2, 0.25) is 5.02 Å². The number of halogens is 2. The van der Waals surface area contributed by atoms with Crippen LogP contribution in [-0.4, -0.2) is 30.3 Å². The summed E-state index contributed by atoms with van der Waals surface area (Å²) in [6, 6.07) is 9.54. The number of carbonyl (C=O) groups excluding carboxylic acids is 4. The fourth-order valence-electron chi connectivity index (χ4n) is 4.37. The van der Waals surface area contributed by atoms with E-state index < -0.39 is 18.5 Å². The number of hydrogen-bond donors (Lipinski definition) is 1. The van der Waals surface area contributed by atoms with Gasteiger partial charge in [-0.25, -0.2) is 4.79 Å². The lowest BCUT2D eigenvalue weighted by atomic mass is 9.81. The molecule has 2 aliphatic rings. The molecule has 2 aromatic carbocycles. The van der Waals surface area contributed by atoms with Gasteiger partial charge in [0, 0.05) is 10.2 Å². The van der Waals surface area contributed by atoms with Gasteiger partial charge in [0.05, 0.1) is 28.1 Å². The molecule has 2 fully saturated rings. The van der Waals surface area contributed by atoms with Gasteiger partial charge in [-0.1, -0.05) is 30.5 Å². The third-order valence-corrected chi connectivity index (χ3v) is 7.25. The average molecular weight is 534 g/mol. The number of aryl methyl sites for hydroxylation is 1. The van der Waals surface area contributed by atoms with E-state index in [9.17, 15) is 19.2 Å². The Kier molecular flexibility index (Phi) is 6.86. The number of fused-ring (bicyclic) bond motifs is 1. The maximum Gasteiger partial charge on any atom is 0.338 e. The first-order valence-corrected chi connectivity index (χ1v) is 11.8. The van der Waals surface area contributed by atoms with Gasteiger partial charge >= 0.3 is 5.97 Å². The fraction of sp³-hybridized carbons (Fsp3) is 0.333. The predicted octanol–water partition coefficient (Wildman–Crippen LogP) is 4.89. The van der Waals surface area contributed by atoms with Crippen LogP contribution in [0.15, 0.2) is 40.9 Å². The van der Waals surface area contributed by atoms with Gasteiger partial charge in [-0.05, 0) is 71.6 Å². The Labute approximate surface area is 204 Å². The molecule has 0 spiro atoms. The maximum atomic E-state index is 12.8. The molecule has 0 bridgehead atoms. The fourth-order valence-corrected chi connectivity index (χ4v) is 4.99. The number of nitrogens with zero attached hydrogens (tertiary/aromatic N) is 1. The molecule has 0 aromatic heterocycles. The normalized spacial score (nSPS) is 19.9. The monoisotopic (exact) mass is 532 g/mol. The van der Waals surface area contributed by atoms with Gasteiger partial charge in [0.25, 0.3) is 5.91 Å². The van der Waals surface area contributed by atoms with Crippen molar-refractivity contribution in [3.8, 4) is 0 Å². The van der Waals surface area contributed by atoms with Crippen LogP contribution < -0.4 is 10.2 Å². The number of hydrogen-bond acceptors (Lipinski definition) is 5. The number of amides is 3. The molecule has 1 saturated heterocycles. The quantitative estimate of drug-likeness (QED) is 0.437. The van der Waals surface area contributed by atoms with Crippen molar-refractivity contribution in [3.05, 3.63) is 57.0 Å². The van der Waals surface area contributed by atoms with Crippen LogP contribution in [0.1, 0.15) is 41.6 Å². The maximum absolute atomic E-state index is 12.8. The Bertz CT molecular complexity index is 1130. The number of imide groups is 1. The highest BCUT2D eigenvalue weighted by Gasteiger charge is 2.48. The minimum absolute atomic E-state index is 0.152. The van der Waals surface area contributed by atoms with E-state index in [4.69, 9.17) is 16.3 Å². The van der Waals surface area contributed by atoms with Gasteiger partial charge in [-0.3, -0.25) is 19.3 Å². The molecule has 1 N–H and O–H groups in total. The van der Waals surface area contributed by atoms with Crippen LogP contribution in [0, 0.1) is 18.8 Å². The first-order chi connectivity index (χ1) is 15.8. The van der Waals surface area contributed by atoms with Crippen molar-refractivity contribution in [2.45, 2.75) is 32.6 Å². The first kappa shape index (κ1) is 23.4.